The van der Waals surface area contributed by atoms with Crippen LogP contribution in [0, 0.1) is 11.3 Å². The number of hydrogen-bond donors (Lipinski definition) is 1. The second-order valence-electron chi connectivity index (χ2n) is 5.92. The number of para-hydroxylation sites is 1. The molecule has 0 bridgehead atoms. The summed E-state index contributed by atoms with van der Waals surface area (Å²) in [6.07, 6.45) is 0.844. The number of anilines is 2. The number of amides is 1. The number of fused-ring (bicyclic) bond motifs is 1. The Balaban J connectivity index is 1.92. The Bertz CT molecular complexity index is 761. The van der Waals surface area contributed by atoms with Crippen LogP contribution >= 0.6 is 0 Å². The van der Waals surface area contributed by atoms with Crippen molar-refractivity contribution in [3.05, 3.63) is 59.7 Å². The number of nitrogens with one attached hydrogen (secondary N) is 1. The van der Waals surface area contributed by atoms with E-state index in [0.717, 1.165) is 23.4 Å². The van der Waals surface area contributed by atoms with Crippen molar-refractivity contribution < 1.29 is 4.79 Å². The lowest BCUT2D eigenvalue weighted by atomic mass is 9.91. The van der Waals surface area contributed by atoms with E-state index < -0.39 is 0 Å². The van der Waals surface area contributed by atoms with Crippen LogP contribution in [-0.2, 0) is 4.79 Å². The van der Waals surface area contributed by atoms with Gasteiger partial charge in [0.15, 0.2) is 0 Å². The van der Waals surface area contributed by atoms with Crippen molar-refractivity contribution in [2.45, 2.75) is 32.4 Å². The van der Waals surface area contributed by atoms with Crippen LogP contribution < -0.4 is 10.2 Å². The molecule has 0 unspecified atom stereocenters. The molecule has 0 aromatic heterocycles. The number of nitriles is 1. The minimum atomic E-state index is 0.0711. The fourth-order valence-electron chi connectivity index (χ4n) is 3.27. The summed E-state index contributed by atoms with van der Waals surface area (Å²) < 4.78 is 0. The monoisotopic (exact) mass is 305 g/mol. The predicted molar refractivity (Wildman–Crippen MR) is 91.2 cm³/mol. The lowest BCUT2D eigenvalue weighted by molar-refractivity contribution is -0.117. The Morgan fingerprint density at radius 1 is 1.22 bits per heavy atom. The molecule has 0 saturated carbocycles. The molecule has 0 fully saturated rings. The van der Waals surface area contributed by atoms with Crippen molar-refractivity contribution in [3.8, 4) is 6.07 Å². The number of carbonyl (C=O) groups excluding carboxylic acids is 1. The van der Waals surface area contributed by atoms with Crippen LogP contribution in [0.15, 0.2) is 48.5 Å². The van der Waals surface area contributed by atoms with Gasteiger partial charge in [-0.15, -0.1) is 0 Å². The zero-order valence-corrected chi connectivity index (χ0v) is 13.3. The highest BCUT2D eigenvalue weighted by molar-refractivity contribution is 5.93. The van der Waals surface area contributed by atoms with E-state index in [1.54, 1.807) is 6.92 Å². The van der Waals surface area contributed by atoms with Gasteiger partial charge in [-0.2, -0.15) is 5.26 Å². The standard InChI is InChI=1S/C19H19N3O/c1-13-11-18(21-16-9-7-15(12-20)8-10-16)17-5-3-4-6-19(17)22(13)14(2)23/h3-10,13,18,21H,11H2,1-2H3/t13-,18+/m1/s1. The topological polar surface area (TPSA) is 56.1 Å². The first-order valence-electron chi connectivity index (χ1n) is 7.75. The Kier molecular flexibility index (Phi) is 4.03. The molecule has 0 spiro atoms. The first kappa shape index (κ1) is 15.1. The summed E-state index contributed by atoms with van der Waals surface area (Å²) in [6.45, 7) is 3.69. The molecular weight excluding hydrogens is 286 g/mol. The number of hydrogen-bond acceptors (Lipinski definition) is 3. The highest BCUT2D eigenvalue weighted by Crippen LogP contribution is 2.38. The Morgan fingerprint density at radius 3 is 2.57 bits per heavy atom. The smallest absolute Gasteiger partial charge is 0.224 e. The zero-order chi connectivity index (χ0) is 16.4. The maximum Gasteiger partial charge on any atom is 0.224 e. The van der Waals surface area contributed by atoms with Crippen LogP contribution in [0.2, 0.25) is 0 Å². The van der Waals surface area contributed by atoms with E-state index in [1.807, 2.05) is 47.4 Å². The Hall–Kier alpha value is -2.80. The first-order valence-corrected chi connectivity index (χ1v) is 7.75. The van der Waals surface area contributed by atoms with Gasteiger partial charge in [0.2, 0.25) is 5.91 Å². The van der Waals surface area contributed by atoms with Gasteiger partial charge in [-0.1, -0.05) is 18.2 Å². The van der Waals surface area contributed by atoms with Crippen LogP contribution in [0.1, 0.15) is 37.4 Å². The van der Waals surface area contributed by atoms with Crippen LogP contribution in [0.4, 0.5) is 11.4 Å². The Labute approximate surface area is 136 Å². The van der Waals surface area contributed by atoms with E-state index in [2.05, 4.69) is 24.4 Å². The molecule has 4 nitrogen and oxygen atoms in total. The van der Waals surface area contributed by atoms with Crippen LogP contribution in [0.5, 0.6) is 0 Å². The van der Waals surface area contributed by atoms with E-state index in [0.29, 0.717) is 5.56 Å². The largest absolute Gasteiger partial charge is 0.378 e. The second kappa shape index (κ2) is 6.13. The molecule has 4 heteroatoms. The third kappa shape index (κ3) is 2.91. The van der Waals surface area contributed by atoms with Gasteiger partial charge in [-0.05, 0) is 49.2 Å². The summed E-state index contributed by atoms with van der Waals surface area (Å²) in [5.41, 5.74) is 3.73. The lowest BCUT2D eigenvalue weighted by Gasteiger charge is -2.39. The molecule has 116 valence electrons. The van der Waals surface area contributed by atoms with E-state index in [4.69, 9.17) is 5.26 Å². The summed E-state index contributed by atoms with van der Waals surface area (Å²) in [4.78, 5) is 13.8. The van der Waals surface area contributed by atoms with Gasteiger partial charge in [0.1, 0.15) is 0 Å². The average molecular weight is 305 g/mol. The summed E-state index contributed by atoms with van der Waals surface area (Å²) in [5, 5.41) is 12.4. The Morgan fingerprint density at radius 2 is 1.91 bits per heavy atom. The van der Waals surface area contributed by atoms with E-state index >= 15 is 0 Å². The molecule has 23 heavy (non-hydrogen) atoms. The number of carbonyl (C=O) groups is 1. The molecule has 2 aromatic carbocycles. The van der Waals surface area contributed by atoms with Crippen LogP contribution in [-0.4, -0.2) is 11.9 Å². The molecule has 1 amide bonds. The zero-order valence-electron chi connectivity index (χ0n) is 13.3. The van der Waals surface area contributed by atoms with Crippen molar-refractivity contribution in [2.24, 2.45) is 0 Å². The third-order valence-electron chi connectivity index (χ3n) is 4.28. The molecule has 0 aliphatic carbocycles. The summed E-state index contributed by atoms with van der Waals surface area (Å²) in [7, 11) is 0. The summed E-state index contributed by atoms with van der Waals surface area (Å²) >= 11 is 0. The lowest BCUT2D eigenvalue weighted by Crippen LogP contribution is -2.43. The van der Waals surface area contributed by atoms with Gasteiger partial charge in [0.05, 0.1) is 17.7 Å². The van der Waals surface area contributed by atoms with Gasteiger partial charge in [0.25, 0.3) is 0 Å². The van der Waals surface area contributed by atoms with Crippen molar-refractivity contribution in [3.63, 3.8) is 0 Å². The van der Waals surface area contributed by atoms with Crippen molar-refractivity contribution in [1.29, 1.82) is 5.26 Å². The molecule has 1 heterocycles. The summed E-state index contributed by atoms with van der Waals surface area (Å²) in [6, 6.07) is 17.9. The van der Waals surface area contributed by atoms with E-state index in [9.17, 15) is 4.79 Å². The third-order valence-corrected chi connectivity index (χ3v) is 4.28. The number of rotatable bonds is 2. The molecule has 2 atom stereocenters. The molecule has 1 aliphatic rings. The quantitative estimate of drug-likeness (QED) is 0.916. The van der Waals surface area contributed by atoms with Crippen molar-refractivity contribution in [1.82, 2.24) is 0 Å². The fraction of sp³-hybridized carbons (Fsp3) is 0.263. The number of nitrogens with zero attached hydrogens (tertiary/aromatic N) is 2. The van der Waals surface area contributed by atoms with Crippen molar-refractivity contribution >= 4 is 17.3 Å². The van der Waals surface area contributed by atoms with Gasteiger partial charge in [0, 0.05) is 24.3 Å². The molecule has 1 N–H and O–H groups in total. The van der Waals surface area contributed by atoms with E-state index in [-0.39, 0.29) is 18.0 Å². The SMILES string of the molecule is CC(=O)N1c2ccccc2[C@@H](Nc2ccc(C#N)cc2)C[C@H]1C. The minimum absolute atomic E-state index is 0.0711. The average Bonchev–Trinajstić information content (AvgIpc) is 2.55. The maximum absolute atomic E-state index is 12.0. The molecule has 3 rings (SSSR count). The van der Waals surface area contributed by atoms with Gasteiger partial charge in [-0.25, -0.2) is 0 Å². The summed E-state index contributed by atoms with van der Waals surface area (Å²) in [5.74, 6) is 0.0711. The molecule has 2 aromatic rings. The van der Waals surface area contributed by atoms with Crippen LogP contribution in [0.25, 0.3) is 0 Å². The molecule has 1 aliphatic heterocycles. The highest BCUT2D eigenvalue weighted by atomic mass is 16.2. The highest BCUT2D eigenvalue weighted by Gasteiger charge is 2.31. The second-order valence-corrected chi connectivity index (χ2v) is 5.92. The fourth-order valence-corrected chi connectivity index (χ4v) is 3.27. The van der Waals surface area contributed by atoms with Gasteiger partial charge >= 0.3 is 0 Å². The molecule has 0 radical (unpaired) electrons. The molecule has 0 saturated heterocycles. The van der Waals surface area contributed by atoms with Crippen LogP contribution in [0.3, 0.4) is 0 Å². The predicted octanol–water partition coefficient (Wildman–Crippen LogP) is 3.86. The normalized spacial score (nSPS) is 19.6. The van der Waals surface area contributed by atoms with Gasteiger partial charge in [-0.3, -0.25) is 4.79 Å². The number of benzene rings is 2. The van der Waals surface area contributed by atoms with Gasteiger partial charge < -0.3 is 10.2 Å². The maximum atomic E-state index is 12.0. The van der Waals surface area contributed by atoms with E-state index in [1.165, 1.54) is 0 Å². The first-order chi connectivity index (χ1) is 11.1. The minimum Gasteiger partial charge on any atom is -0.378 e. The van der Waals surface area contributed by atoms with Crippen molar-refractivity contribution in [2.75, 3.05) is 10.2 Å². The molecular formula is C19H19N3O.